The molecule has 1 heterocycles. The summed E-state index contributed by atoms with van der Waals surface area (Å²) in [5.74, 6) is -2.11. The number of carbonyl (C=O) groups is 1. The third-order valence-corrected chi connectivity index (χ3v) is 6.74. The van der Waals surface area contributed by atoms with Crippen LogP contribution in [-0.2, 0) is 4.79 Å². The fraction of sp³-hybridized carbons (Fsp3) is 0.500. The van der Waals surface area contributed by atoms with E-state index in [2.05, 4.69) is 31.4 Å². The van der Waals surface area contributed by atoms with Crippen LogP contribution in [-0.4, -0.2) is 41.8 Å². The van der Waals surface area contributed by atoms with E-state index >= 15 is 0 Å². The predicted molar refractivity (Wildman–Crippen MR) is 137 cm³/mol. The van der Waals surface area contributed by atoms with Gasteiger partial charge < -0.3 is 21.5 Å². The van der Waals surface area contributed by atoms with Crippen molar-refractivity contribution in [3.63, 3.8) is 0 Å². The summed E-state index contributed by atoms with van der Waals surface area (Å²) in [5, 5.41) is 15.8. The molecule has 3 rings (SSSR count). The minimum absolute atomic E-state index is 0.0725. The lowest BCUT2D eigenvalue weighted by molar-refractivity contribution is -0.123. The number of benzene rings is 2. The van der Waals surface area contributed by atoms with Crippen LogP contribution in [0.25, 0.3) is 11.1 Å². The van der Waals surface area contributed by atoms with Gasteiger partial charge in [0.15, 0.2) is 0 Å². The molecule has 1 unspecified atom stereocenters. The molecule has 0 bridgehead atoms. The third-order valence-electron chi connectivity index (χ3n) is 6.23. The van der Waals surface area contributed by atoms with Crippen molar-refractivity contribution in [2.75, 3.05) is 6.54 Å². The van der Waals surface area contributed by atoms with E-state index in [0.29, 0.717) is 29.5 Å². The van der Waals surface area contributed by atoms with Crippen LogP contribution >= 0.6 is 23.2 Å². The van der Waals surface area contributed by atoms with E-state index in [1.165, 1.54) is 24.3 Å². The van der Waals surface area contributed by atoms with Gasteiger partial charge in [-0.15, -0.1) is 0 Å². The van der Waals surface area contributed by atoms with Crippen molar-refractivity contribution in [1.82, 2.24) is 10.6 Å². The first-order valence-corrected chi connectivity index (χ1v) is 12.4. The zero-order chi connectivity index (χ0) is 26.1. The first-order valence-electron chi connectivity index (χ1n) is 11.7. The second-order valence-electron chi connectivity index (χ2n) is 10.6. The van der Waals surface area contributed by atoms with Gasteiger partial charge in [0.05, 0.1) is 17.2 Å². The highest BCUT2D eigenvalue weighted by molar-refractivity contribution is 6.31. The largest absolute Gasteiger partial charge is 0.393 e. The Labute approximate surface area is 215 Å². The van der Waals surface area contributed by atoms with E-state index in [1.807, 2.05) is 0 Å². The molecule has 5 nitrogen and oxygen atoms in total. The Morgan fingerprint density at radius 1 is 1.20 bits per heavy atom. The quantitative estimate of drug-likeness (QED) is 0.407. The Morgan fingerprint density at radius 2 is 1.89 bits per heavy atom. The molecule has 192 valence electrons. The Kier molecular flexibility index (Phi) is 8.82. The van der Waals surface area contributed by atoms with E-state index < -0.39 is 35.7 Å². The first kappa shape index (κ1) is 27.8. The molecule has 0 spiro atoms. The Hall–Kier alpha value is -1.77. The SMILES string of the molecule is C[C@@H](O)CCNC(=O)[C@@H]1N[C@@H](CC(C)(C)C)C(N)[C@H]1c1cc(Cl)c(F)cc1-c1cc(F)cc(Cl)c1. The van der Waals surface area contributed by atoms with Gasteiger partial charge in [-0.25, -0.2) is 8.78 Å². The number of amides is 1. The van der Waals surface area contributed by atoms with E-state index in [0.717, 1.165) is 6.07 Å². The number of hydrogen-bond donors (Lipinski definition) is 4. The summed E-state index contributed by atoms with van der Waals surface area (Å²) in [5.41, 5.74) is 7.93. The maximum Gasteiger partial charge on any atom is 0.237 e. The van der Waals surface area contributed by atoms with Crippen molar-refractivity contribution in [2.45, 2.75) is 70.7 Å². The van der Waals surface area contributed by atoms with Gasteiger partial charge in [0.25, 0.3) is 0 Å². The molecule has 2 aromatic carbocycles. The summed E-state index contributed by atoms with van der Waals surface area (Å²) in [6, 6.07) is 5.20. The van der Waals surface area contributed by atoms with Crippen LogP contribution in [0, 0.1) is 17.0 Å². The molecular formula is C26H33Cl2F2N3O2. The second kappa shape index (κ2) is 11.1. The standard InChI is InChI=1S/C26H33Cl2F2N3O2/c1-13(34)5-6-32-25(35)24-22(23(31)21(33-24)12-26(2,3)4)18-10-19(28)20(30)11-17(18)14-7-15(27)9-16(29)8-14/h7-11,13,21-24,33-34H,5-6,12,31H2,1-4H3,(H,32,35)/t13-,21+,22-,23?,24-/m1/s1. The van der Waals surface area contributed by atoms with Crippen LogP contribution in [0.2, 0.25) is 10.0 Å². The zero-order valence-corrected chi connectivity index (χ0v) is 21.9. The van der Waals surface area contributed by atoms with Gasteiger partial charge in [-0.3, -0.25) is 4.79 Å². The number of nitrogens with two attached hydrogens (primary N) is 1. The second-order valence-corrected chi connectivity index (χ2v) is 11.4. The molecule has 5 N–H and O–H groups in total. The minimum Gasteiger partial charge on any atom is -0.393 e. The molecule has 1 fully saturated rings. The highest BCUT2D eigenvalue weighted by Crippen LogP contribution is 2.41. The topological polar surface area (TPSA) is 87.4 Å². The van der Waals surface area contributed by atoms with Gasteiger partial charge in [0, 0.05) is 29.6 Å². The highest BCUT2D eigenvalue weighted by atomic mass is 35.5. The Morgan fingerprint density at radius 3 is 2.49 bits per heavy atom. The number of nitrogens with one attached hydrogen (secondary N) is 2. The summed E-state index contributed by atoms with van der Waals surface area (Å²) in [4.78, 5) is 13.3. The third kappa shape index (κ3) is 6.92. The Bertz CT molecular complexity index is 1060. The average molecular weight is 528 g/mol. The van der Waals surface area contributed by atoms with E-state index in [-0.39, 0.29) is 34.0 Å². The number of halogens is 4. The lowest BCUT2D eigenvalue weighted by Crippen LogP contribution is -2.46. The molecular weight excluding hydrogens is 495 g/mol. The number of aliphatic hydroxyl groups is 1. The van der Waals surface area contributed by atoms with Crippen LogP contribution < -0.4 is 16.4 Å². The smallest absolute Gasteiger partial charge is 0.237 e. The van der Waals surface area contributed by atoms with E-state index in [1.54, 1.807) is 6.92 Å². The molecule has 1 saturated heterocycles. The van der Waals surface area contributed by atoms with Gasteiger partial charge in [-0.05, 0) is 72.2 Å². The van der Waals surface area contributed by atoms with Crippen LogP contribution in [0.3, 0.4) is 0 Å². The maximum atomic E-state index is 14.6. The first-order chi connectivity index (χ1) is 16.3. The van der Waals surface area contributed by atoms with Crippen molar-refractivity contribution in [3.05, 3.63) is 57.6 Å². The van der Waals surface area contributed by atoms with Crippen molar-refractivity contribution in [3.8, 4) is 11.1 Å². The summed E-state index contributed by atoms with van der Waals surface area (Å²) >= 11 is 12.3. The molecule has 9 heteroatoms. The normalized spacial score (nSPS) is 23.4. The molecule has 1 aliphatic rings. The van der Waals surface area contributed by atoms with E-state index in [9.17, 15) is 18.7 Å². The minimum atomic E-state index is -0.740. The molecule has 5 atom stereocenters. The van der Waals surface area contributed by atoms with Crippen LogP contribution in [0.5, 0.6) is 0 Å². The monoisotopic (exact) mass is 527 g/mol. The fourth-order valence-corrected chi connectivity index (χ4v) is 5.10. The molecule has 0 radical (unpaired) electrons. The predicted octanol–water partition coefficient (Wildman–Crippen LogP) is 5.01. The van der Waals surface area contributed by atoms with Crippen molar-refractivity contribution in [2.24, 2.45) is 11.1 Å². The van der Waals surface area contributed by atoms with Crippen molar-refractivity contribution < 1.29 is 18.7 Å². The zero-order valence-electron chi connectivity index (χ0n) is 20.3. The molecule has 0 aromatic heterocycles. The van der Waals surface area contributed by atoms with Gasteiger partial charge in [-0.1, -0.05) is 44.0 Å². The van der Waals surface area contributed by atoms with Gasteiger partial charge in [0.1, 0.15) is 11.6 Å². The molecule has 1 amide bonds. The van der Waals surface area contributed by atoms with Crippen LogP contribution in [0.4, 0.5) is 8.78 Å². The summed E-state index contributed by atoms with van der Waals surface area (Å²) in [6.07, 6.45) is 0.535. The number of hydrogen-bond acceptors (Lipinski definition) is 4. The van der Waals surface area contributed by atoms with Crippen molar-refractivity contribution in [1.29, 1.82) is 0 Å². The Balaban J connectivity index is 2.10. The van der Waals surface area contributed by atoms with Crippen LogP contribution in [0.15, 0.2) is 30.3 Å². The molecule has 0 aliphatic carbocycles. The molecule has 2 aromatic rings. The lowest BCUT2D eigenvalue weighted by Gasteiger charge is -2.28. The number of rotatable bonds is 7. The molecule has 1 aliphatic heterocycles. The average Bonchev–Trinajstić information content (AvgIpc) is 3.03. The molecule has 0 saturated carbocycles. The van der Waals surface area contributed by atoms with Gasteiger partial charge in [0.2, 0.25) is 5.91 Å². The summed E-state index contributed by atoms with van der Waals surface area (Å²) in [6.45, 7) is 8.19. The van der Waals surface area contributed by atoms with Crippen LogP contribution in [0.1, 0.15) is 52.0 Å². The maximum absolute atomic E-state index is 14.6. The lowest BCUT2D eigenvalue weighted by atomic mass is 9.79. The number of carbonyl (C=O) groups excluding carboxylic acids is 1. The summed E-state index contributed by atoms with van der Waals surface area (Å²) in [7, 11) is 0. The van der Waals surface area contributed by atoms with Crippen molar-refractivity contribution >= 4 is 29.1 Å². The summed E-state index contributed by atoms with van der Waals surface area (Å²) < 4.78 is 28.8. The number of aliphatic hydroxyl groups excluding tert-OH is 1. The van der Waals surface area contributed by atoms with Gasteiger partial charge >= 0.3 is 0 Å². The molecule has 35 heavy (non-hydrogen) atoms. The van der Waals surface area contributed by atoms with E-state index in [4.69, 9.17) is 28.9 Å². The fourth-order valence-electron chi connectivity index (χ4n) is 4.71. The van der Waals surface area contributed by atoms with Gasteiger partial charge in [-0.2, -0.15) is 0 Å². The highest BCUT2D eigenvalue weighted by Gasteiger charge is 2.47.